The maximum atomic E-state index is 15.7. The Labute approximate surface area is 554 Å². The number of fused-ring (bicyclic) bond motifs is 8. The zero-order valence-corrected chi connectivity index (χ0v) is 52.1. The Balaban J connectivity index is 0.802. The summed E-state index contributed by atoms with van der Waals surface area (Å²) in [5.41, 5.74) is 16.6. The van der Waals surface area contributed by atoms with Crippen LogP contribution in [0.25, 0.3) is 54.9 Å². The second kappa shape index (κ2) is 24.2. The maximum absolute atomic E-state index is 15.7. The van der Waals surface area contributed by atoms with E-state index in [0.29, 0.717) is 36.0 Å². The minimum absolute atomic E-state index is 0.367. The van der Waals surface area contributed by atoms with Gasteiger partial charge in [-0.1, -0.05) is 207 Å². The minimum Gasteiger partial charge on any atom is -0.490 e. The van der Waals surface area contributed by atoms with Gasteiger partial charge in [0, 0.05) is 46.3 Å². The second-order valence-corrected chi connectivity index (χ2v) is 24.4. The quantitative estimate of drug-likeness (QED) is 0.0670. The van der Waals surface area contributed by atoms with Gasteiger partial charge in [0.05, 0.1) is 10.8 Å². The van der Waals surface area contributed by atoms with Crippen LogP contribution in [0.1, 0.15) is 44.5 Å². The van der Waals surface area contributed by atoms with Crippen molar-refractivity contribution in [1.29, 1.82) is 0 Å². The van der Waals surface area contributed by atoms with E-state index in [1.165, 1.54) is 24.3 Å². The van der Waals surface area contributed by atoms with Gasteiger partial charge in [0.15, 0.2) is 23.3 Å². The third-order valence-electron chi connectivity index (χ3n) is 19.2. The van der Waals surface area contributed by atoms with Crippen LogP contribution in [0.2, 0.25) is 0 Å². The van der Waals surface area contributed by atoms with Crippen LogP contribution in [0.4, 0.5) is 51.7 Å². The fraction of sp³-hybridized carbons (Fsp3) is 0.0455. The van der Waals surface area contributed by atoms with Gasteiger partial charge in [0.2, 0.25) is 0 Å². The van der Waals surface area contributed by atoms with E-state index in [-0.39, 0.29) is 0 Å². The Morgan fingerprint density at radius 3 is 1.01 bits per heavy atom. The molecule has 0 radical (unpaired) electrons. The first-order chi connectivity index (χ1) is 47.1. The van der Waals surface area contributed by atoms with Crippen molar-refractivity contribution >= 4 is 55.7 Å². The van der Waals surface area contributed by atoms with Crippen molar-refractivity contribution in [2.75, 3.05) is 23.0 Å². The van der Waals surface area contributed by atoms with E-state index in [0.717, 1.165) is 122 Å². The molecule has 0 saturated heterocycles. The van der Waals surface area contributed by atoms with E-state index in [2.05, 4.69) is 183 Å². The summed E-state index contributed by atoms with van der Waals surface area (Å²) >= 11 is 0. The number of halogens is 4. The third-order valence-corrected chi connectivity index (χ3v) is 19.2. The number of hydrogen-bond acceptors (Lipinski definition) is 4. The van der Waals surface area contributed by atoms with Gasteiger partial charge in [0.25, 0.3) is 0 Å². The molecular formula is C88H60F4N2O2. The summed E-state index contributed by atoms with van der Waals surface area (Å²) in [7, 11) is 0. The van der Waals surface area contributed by atoms with Crippen LogP contribution in [0.15, 0.2) is 329 Å². The first kappa shape index (κ1) is 59.0. The van der Waals surface area contributed by atoms with Gasteiger partial charge in [-0.15, -0.1) is 0 Å². The molecule has 0 aromatic heterocycles. The van der Waals surface area contributed by atoms with Crippen molar-refractivity contribution in [3.05, 3.63) is 396 Å². The molecule has 2 atom stereocenters. The molecule has 4 nitrogen and oxygen atoms in total. The summed E-state index contributed by atoms with van der Waals surface area (Å²) in [6.07, 6.45) is 3.46. The molecule has 14 aromatic carbocycles. The summed E-state index contributed by atoms with van der Waals surface area (Å²) in [4.78, 5) is 3.93. The highest BCUT2D eigenvalue weighted by atomic mass is 19.2. The van der Waals surface area contributed by atoms with Crippen molar-refractivity contribution in [3.63, 3.8) is 0 Å². The van der Waals surface area contributed by atoms with Gasteiger partial charge in [0.1, 0.15) is 24.7 Å². The van der Waals surface area contributed by atoms with Gasteiger partial charge >= 0.3 is 0 Å². The zero-order chi connectivity index (χ0) is 65.1. The van der Waals surface area contributed by atoms with E-state index in [1.807, 2.05) is 107 Å². The number of benzene rings is 14. The monoisotopic (exact) mass is 1250 g/mol. The summed E-state index contributed by atoms with van der Waals surface area (Å²) in [6, 6.07) is 101. The smallest absolute Gasteiger partial charge is 0.160 e. The number of rotatable bonds is 17. The van der Waals surface area contributed by atoms with E-state index in [4.69, 9.17) is 9.47 Å². The molecule has 0 N–H and O–H groups in total. The van der Waals surface area contributed by atoms with Crippen molar-refractivity contribution in [1.82, 2.24) is 0 Å². The third kappa shape index (κ3) is 9.83. The molecule has 0 aliphatic heterocycles. The fourth-order valence-corrected chi connectivity index (χ4v) is 14.9. The molecule has 0 heterocycles. The molecule has 0 fully saturated rings. The van der Waals surface area contributed by atoms with Crippen LogP contribution in [0.3, 0.4) is 0 Å². The van der Waals surface area contributed by atoms with Gasteiger partial charge < -0.3 is 19.3 Å². The number of anilines is 6. The molecule has 0 saturated carbocycles. The van der Waals surface area contributed by atoms with Gasteiger partial charge in [-0.3, -0.25) is 0 Å². The molecule has 0 amide bonds. The molecule has 0 spiro atoms. The molecular weight excluding hydrogens is 1190 g/mol. The van der Waals surface area contributed by atoms with E-state index in [1.54, 1.807) is 24.3 Å². The molecule has 462 valence electrons. The predicted molar refractivity (Wildman–Crippen MR) is 382 cm³/mol. The molecule has 2 aliphatic rings. The Morgan fingerprint density at radius 1 is 0.281 bits per heavy atom. The molecule has 14 aromatic rings. The van der Waals surface area contributed by atoms with Crippen LogP contribution in [0, 0.1) is 23.3 Å². The highest BCUT2D eigenvalue weighted by Gasteiger charge is 2.48. The number of nitrogens with zero attached hydrogens (tertiary/aromatic N) is 2. The lowest BCUT2D eigenvalue weighted by Crippen LogP contribution is -2.29. The first-order valence-corrected chi connectivity index (χ1v) is 32.0. The Bertz CT molecular complexity index is 5030. The largest absolute Gasteiger partial charge is 0.490 e. The molecule has 96 heavy (non-hydrogen) atoms. The molecule has 16 rings (SSSR count). The predicted octanol–water partition coefficient (Wildman–Crippen LogP) is 23.0. The number of ether oxygens (including phenoxy) is 2. The van der Waals surface area contributed by atoms with Crippen LogP contribution in [-0.4, -0.2) is 13.2 Å². The SMILES string of the molecule is C=CCOc1ccc(C2(c3ccc4ccccc4c3)c3ccccc3-c3ccc(N(c4ccc(-c5ccc(N(c6ccc(F)c(F)c6)c6ccc7c(c6)C(c6ccc(OCC=C)cc6)(c6ccc8ccccc8c6)c6ccccc6-7)cc5)cc4)c4ccc(F)c(F)c4)cc32)cc1. The molecule has 0 bridgehead atoms. The van der Waals surface area contributed by atoms with Crippen molar-refractivity contribution in [2.24, 2.45) is 0 Å². The van der Waals surface area contributed by atoms with Gasteiger partial charge in [-0.25, -0.2) is 17.6 Å². The lowest BCUT2D eigenvalue weighted by Gasteiger charge is -2.35. The average Bonchev–Trinajstić information content (AvgIpc) is 1.54. The summed E-state index contributed by atoms with van der Waals surface area (Å²) in [5, 5.41) is 4.43. The minimum atomic E-state index is -0.973. The highest BCUT2D eigenvalue weighted by Crippen LogP contribution is 2.60. The lowest BCUT2D eigenvalue weighted by molar-refractivity contribution is 0.363. The van der Waals surface area contributed by atoms with Gasteiger partial charge in [-0.05, 0) is 209 Å². The summed E-state index contributed by atoms with van der Waals surface area (Å²) in [6.45, 7) is 8.44. The normalized spacial score (nSPS) is 14.9. The molecule has 2 aliphatic carbocycles. The molecule has 8 heteroatoms. The number of hydrogen-bond donors (Lipinski definition) is 0. The van der Waals surface area contributed by atoms with Crippen LogP contribution < -0.4 is 19.3 Å². The maximum Gasteiger partial charge on any atom is 0.160 e. The lowest BCUT2D eigenvalue weighted by atomic mass is 9.67. The van der Waals surface area contributed by atoms with Crippen LogP contribution in [0.5, 0.6) is 11.5 Å². The average molecular weight is 1250 g/mol. The van der Waals surface area contributed by atoms with E-state index < -0.39 is 34.1 Å². The Morgan fingerprint density at radius 2 is 0.615 bits per heavy atom. The highest BCUT2D eigenvalue weighted by molar-refractivity contribution is 5.94. The van der Waals surface area contributed by atoms with Crippen molar-refractivity contribution in [3.8, 4) is 44.9 Å². The summed E-state index contributed by atoms with van der Waals surface area (Å²) in [5.74, 6) is -2.41. The topological polar surface area (TPSA) is 24.9 Å². The van der Waals surface area contributed by atoms with Crippen LogP contribution in [-0.2, 0) is 10.8 Å². The molecule has 2 unspecified atom stereocenters. The van der Waals surface area contributed by atoms with Crippen LogP contribution >= 0.6 is 0 Å². The van der Waals surface area contributed by atoms with E-state index in [9.17, 15) is 0 Å². The Hall–Kier alpha value is -12.0. The van der Waals surface area contributed by atoms with Gasteiger partial charge in [-0.2, -0.15) is 0 Å². The van der Waals surface area contributed by atoms with E-state index >= 15 is 17.6 Å². The zero-order valence-electron chi connectivity index (χ0n) is 52.1. The standard InChI is InChI=1S/C88H60F4N2O2/c1-3-49-95-73-41-29-63(30-42-73)87(65-27-21-57-13-5-7-15-61(57)51-65)79-19-11-9-17-75(79)77-45-37-69(53-81(77)87)93(71-39-47-83(89)85(91)55-71)67-33-23-59(24-34-67)60-25-35-68(36-26-60)94(72-40-48-84(90)86(92)56-72)70-38-46-78-76-18-10-12-20-80(76)88(82(78)54-70,64-31-43-74(44-32-64)96-50-4-2)66-28-22-58-14-6-8-16-62(58)52-66/h3-48,51-56H,1-2,49-50H2. The van der Waals surface area contributed by atoms with Crippen molar-refractivity contribution < 1.29 is 27.0 Å². The van der Waals surface area contributed by atoms with Crippen molar-refractivity contribution in [2.45, 2.75) is 10.8 Å². The first-order valence-electron chi connectivity index (χ1n) is 32.0. The summed E-state index contributed by atoms with van der Waals surface area (Å²) < 4.78 is 73.5. The second-order valence-electron chi connectivity index (χ2n) is 24.4. The fourth-order valence-electron chi connectivity index (χ4n) is 14.9. The Kier molecular flexibility index (Phi) is 14.9.